The second kappa shape index (κ2) is 10.9. The van der Waals surface area contributed by atoms with Crippen LogP contribution in [0.2, 0.25) is 0 Å². The molecule has 0 bridgehead atoms. The highest BCUT2D eigenvalue weighted by atomic mass is 16.3. The molecule has 0 fully saturated rings. The summed E-state index contributed by atoms with van der Waals surface area (Å²) in [4.78, 5) is 0. The average Bonchev–Trinajstić information content (AvgIpc) is 3.25. The number of allylic oxidation sites excluding steroid dienone is 1. The topological polar surface area (TPSA) is 33.4 Å². The normalized spacial score (nSPS) is 11.3. The lowest BCUT2D eigenvalue weighted by atomic mass is 9.92. The number of aryl methyl sites for hydroxylation is 2. The third kappa shape index (κ3) is 4.88. The second-order valence-electron chi connectivity index (χ2n) is 9.20. The number of rotatable bonds is 10. The standard InChI is InChI=1S/C32H36O2/c1-5-11-22(4)30-29-19-24(21-33)18-27(12-6-2)31(29)34-32(30)28-16-15-26(25(7-3)20-28)17-23-13-9-8-10-14-23/h8-10,13-16,18-20,33H,4-7,11-12,17,21H2,1-3H3. The van der Waals surface area contributed by atoms with Crippen LogP contribution in [0.4, 0.5) is 0 Å². The minimum atomic E-state index is 0.0288. The molecule has 0 aliphatic rings. The van der Waals surface area contributed by atoms with E-state index in [-0.39, 0.29) is 6.61 Å². The highest BCUT2D eigenvalue weighted by Gasteiger charge is 2.21. The quantitative estimate of drug-likeness (QED) is 0.262. The Morgan fingerprint density at radius 3 is 2.32 bits per heavy atom. The Bertz CT molecular complexity index is 1280. The first-order chi connectivity index (χ1) is 16.6. The first-order valence-corrected chi connectivity index (χ1v) is 12.6. The van der Waals surface area contributed by atoms with Gasteiger partial charge in [0.25, 0.3) is 0 Å². The van der Waals surface area contributed by atoms with Crippen LogP contribution in [-0.2, 0) is 25.9 Å². The molecule has 1 N–H and O–H groups in total. The lowest BCUT2D eigenvalue weighted by molar-refractivity contribution is 0.282. The summed E-state index contributed by atoms with van der Waals surface area (Å²) < 4.78 is 6.65. The van der Waals surface area contributed by atoms with Gasteiger partial charge in [-0.3, -0.25) is 0 Å². The van der Waals surface area contributed by atoms with Crippen LogP contribution in [0.25, 0.3) is 27.9 Å². The minimum Gasteiger partial charge on any atom is -0.455 e. The molecule has 0 aliphatic carbocycles. The number of furan rings is 1. The monoisotopic (exact) mass is 452 g/mol. The molecule has 0 amide bonds. The third-order valence-electron chi connectivity index (χ3n) is 6.62. The number of fused-ring (bicyclic) bond motifs is 1. The third-order valence-corrected chi connectivity index (χ3v) is 6.62. The molecule has 2 heteroatoms. The van der Waals surface area contributed by atoms with Crippen LogP contribution in [0.15, 0.2) is 71.7 Å². The second-order valence-corrected chi connectivity index (χ2v) is 9.20. The first kappa shape index (κ1) is 24.0. The number of hydrogen-bond donors (Lipinski definition) is 1. The van der Waals surface area contributed by atoms with E-state index in [0.29, 0.717) is 0 Å². The first-order valence-electron chi connectivity index (χ1n) is 12.6. The van der Waals surface area contributed by atoms with E-state index in [2.05, 4.69) is 88.0 Å². The van der Waals surface area contributed by atoms with E-state index in [9.17, 15) is 5.11 Å². The van der Waals surface area contributed by atoms with Gasteiger partial charge in [0.05, 0.1) is 6.61 Å². The lowest BCUT2D eigenvalue weighted by Crippen LogP contribution is -1.96. The largest absolute Gasteiger partial charge is 0.455 e. The van der Waals surface area contributed by atoms with Crippen molar-refractivity contribution in [1.82, 2.24) is 0 Å². The molecular formula is C32H36O2. The summed E-state index contributed by atoms with van der Waals surface area (Å²) in [6.45, 7) is 11.1. The molecule has 0 unspecified atom stereocenters. The molecule has 34 heavy (non-hydrogen) atoms. The van der Waals surface area contributed by atoms with Crippen LogP contribution < -0.4 is 0 Å². The van der Waals surface area contributed by atoms with Gasteiger partial charge in [0.15, 0.2) is 0 Å². The van der Waals surface area contributed by atoms with Crippen LogP contribution in [-0.4, -0.2) is 5.11 Å². The molecule has 1 aromatic heterocycles. The fraction of sp³-hybridized carbons (Fsp3) is 0.312. The molecule has 2 nitrogen and oxygen atoms in total. The van der Waals surface area contributed by atoms with Gasteiger partial charge in [-0.05, 0) is 77.3 Å². The Morgan fingerprint density at radius 2 is 1.65 bits per heavy atom. The van der Waals surface area contributed by atoms with Gasteiger partial charge in [-0.2, -0.15) is 0 Å². The van der Waals surface area contributed by atoms with E-state index in [1.54, 1.807) is 0 Å². The van der Waals surface area contributed by atoms with Crippen LogP contribution >= 0.6 is 0 Å². The zero-order valence-corrected chi connectivity index (χ0v) is 20.8. The molecule has 0 radical (unpaired) electrons. The Labute approximate surface area is 204 Å². The Kier molecular flexibility index (Phi) is 7.70. The molecule has 0 saturated heterocycles. The minimum absolute atomic E-state index is 0.0288. The average molecular weight is 453 g/mol. The van der Waals surface area contributed by atoms with Crippen LogP contribution in [0.1, 0.15) is 73.4 Å². The fourth-order valence-corrected chi connectivity index (χ4v) is 4.95. The van der Waals surface area contributed by atoms with Gasteiger partial charge in [-0.1, -0.05) is 82.7 Å². The number of aliphatic hydroxyl groups excluding tert-OH is 1. The van der Waals surface area contributed by atoms with Crippen molar-refractivity contribution in [3.05, 3.63) is 101 Å². The molecule has 4 rings (SSSR count). The predicted octanol–water partition coefficient (Wildman–Crippen LogP) is 8.51. The predicted molar refractivity (Wildman–Crippen MR) is 144 cm³/mol. The zero-order valence-electron chi connectivity index (χ0n) is 20.8. The van der Waals surface area contributed by atoms with Gasteiger partial charge in [0, 0.05) is 16.5 Å². The van der Waals surface area contributed by atoms with Gasteiger partial charge in [0.2, 0.25) is 0 Å². The van der Waals surface area contributed by atoms with Crippen molar-refractivity contribution >= 4 is 16.5 Å². The molecule has 4 aromatic rings. The smallest absolute Gasteiger partial charge is 0.142 e. The Hall–Kier alpha value is -3.10. The molecule has 176 valence electrons. The van der Waals surface area contributed by atoms with Crippen molar-refractivity contribution in [2.24, 2.45) is 0 Å². The number of hydrogen-bond acceptors (Lipinski definition) is 2. The van der Waals surface area contributed by atoms with Crippen molar-refractivity contribution in [1.29, 1.82) is 0 Å². The molecular weight excluding hydrogens is 416 g/mol. The van der Waals surface area contributed by atoms with Crippen molar-refractivity contribution < 1.29 is 9.52 Å². The van der Waals surface area contributed by atoms with Crippen LogP contribution in [0, 0.1) is 0 Å². The SMILES string of the molecule is C=C(CCC)c1c(-c2ccc(Cc3ccccc3)c(CC)c2)oc2c(CCC)cc(CO)cc12. The maximum Gasteiger partial charge on any atom is 0.142 e. The van der Waals surface area contributed by atoms with E-state index in [1.165, 1.54) is 16.7 Å². The van der Waals surface area contributed by atoms with Crippen LogP contribution in [0.5, 0.6) is 0 Å². The summed E-state index contributed by atoms with van der Waals surface area (Å²) in [5.74, 6) is 0.904. The summed E-state index contributed by atoms with van der Waals surface area (Å²) in [5.41, 5.74) is 10.4. The van der Waals surface area contributed by atoms with Crippen molar-refractivity contribution in [3.8, 4) is 11.3 Å². The van der Waals surface area contributed by atoms with Crippen molar-refractivity contribution in [3.63, 3.8) is 0 Å². The van der Waals surface area contributed by atoms with E-state index >= 15 is 0 Å². The number of aliphatic hydroxyl groups is 1. The molecule has 0 saturated carbocycles. The molecule has 0 atom stereocenters. The van der Waals surface area contributed by atoms with Gasteiger partial charge in [-0.25, -0.2) is 0 Å². The Balaban J connectivity index is 1.88. The molecule has 0 aliphatic heterocycles. The van der Waals surface area contributed by atoms with E-state index in [1.807, 2.05) is 0 Å². The van der Waals surface area contributed by atoms with Crippen molar-refractivity contribution in [2.75, 3.05) is 0 Å². The lowest BCUT2D eigenvalue weighted by Gasteiger charge is -2.12. The van der Waals surface area contributed by atoms with Gasteiger partial charge < -0.3 is 9.52 Å². The highest BCUT2D eigenvalue weighted by molar-refractivity contribution is 5.99. The van der Waals surface area contributed by atoms with Gasteiger partial charge in [-0.15, -0.1) is 0 Å². The molecule has 0 spiro atoms. The van der Waals surface area contributed by atoms with E-state index < -0.39 is 0 Å². The van der Waals surface area contributed by atoms with Crippen LogP contribution in [0.3, 0.4) is 0 Å². The molecule has 3 aromatic carbocycles. The zero-order chi connectivity index (χ0) is 24.1. The fourth-order valence-electron chi connectivity index (χ4n) is 4.95. The maximum absolute atomic E-state index is 9.91. The van der Waals surface area contributed by atoms with Gasteiger partial charge in [0.1, 0.15) is 11.3 Å². The van der Waals surface area contributed by atoms with E-state index in [4.69, 9.17) is 4.42 Å². The maximum atomic E-state index is 9.91. The van der Waals surface area contributed by atoms with Crippen molar-refractivity contribution in [2.45, 2.75) is 65.9 Å². The summed E-state index contributed by atoms with van der Waals surface area (Å²) in [6, 6.07) is 21.6. The summed E-state index contributed by atoms with van der Waals surface area (Å²) >= 11 is 0. The Morgan fingerprint density at radius 1 is 0.853 bits per heavy atom. The highest BCUT2D eigenvalue weighted by Crippen LogP contribution is 2.41. The number of benzene rings is 3. The summed E-state index contributed by atoms with van der Waals surface area (Å²) in [5, 5.41) is 11.0. The summed E-state index contributed by atoms with van der Waals surface area (Å²) in [6.07, 6.45) is 5.80. The molecule has 1 heterocycles. The summed E-state index contributed by atoms with van der Waals surface area (Å²) in [7, 11) is 0. The van der Waals surface area contributed by atoms with Gasteiger partial charge >= 0.3 is 0 Å². The van der Waals surface area contributed by atoms with E-state index in [0.717, 1.165) is 83.1 Å².